The number of amides is 1. The highest BCUT2D eigenvalue weighted by Gasteiger charge is 2.42. The fourth-order valence-electron chi connectivity index (χ4n) is 4.97. The van der Waals surface area contributed by atoms with E-state index in [-0.39, 0.29) is 17.4 Å². The average Bonchev–Trinajstić information content (AvgIpc) is 3.47. The monoisotopic (exact) mass is 515 g/mol. The van der Waals surface area contributed by atoms with E-state index in [1.165, 1.54) is 7.11 Å². The predicted molar refractivity (Wildman–Crippen MR) is 141 cm³/mol. The van der Waals surface area contributed by atoms with Gasteiger partial charge in [0.05, 0.1) is 27.4 Å². The SMILES string of the molecule is COc1cc([C@@H]2c3c(-c4cc(C)ccc4O)n[nH]c3C(=O)N2CCc2ccc(OC)c(OC)c2)ccc1O. The van der Waals surface area contributed by atoms with Crippen LogP contribution in [-0.4, -0.2) is 59.1 Å². The quantitative estimate of drug-likeness (QED) is 0.314. The molecule has 4 aromatic rings. The van der Waals surface area contributed by atoms with Gasteiger partial charge in [0.25, 0.3) is 5.91 Å². The van der Waals surface area contributed by atoms with E-state index >= 15 is 0 Å². The van der Waals surface area contributed by atoms with Crippen molar-refractivity contribution in [1.82, 2.24) is 15.1 Å². The third-order valence-corrected chi connectivity index (χ3v) is 6.88. The number of ether oxygens (including phenoxy) is 3. The number of hydrogen-bond acceptors (Lipinski definition) is 7. The van der Waals surface area contributed by atoms with Crippen LogP contribution in [0.25, 0.3) is 11.3 Å². The minimum absolute atomic E-state index is 0.00132. The normalized spacial score (nSPS) is 14.5. The van der Waals surface area contributed by atoms with Crippen LogP contribution in [0.5, 0.6) is 28.7 Å². The second kappa shape index (κ2) is 10.0. The molecule has 0 saturated carbocycles. The molecule has 1 aliphatic heterocycles. The van der Waals surface area contributed by atoms with Crippen LogP contribution in [-0.2, 0) is 6.42 Å². The molecule has 0 aliphatic carbocycles. The van der Waals surface area contributed by atoms with Crippen LogP contribution in [0.3, 0.4) is 0 Å². The van der Waals surface area contributed by atoms with Gasteiger partial charge in [-0.2, -0.15) is 5.10 Å². The first-order chi connectivity index (χ1) is 18.4. The molecule has 0 saturated heterocycles. The summed E-state index contributed by atoms with van der Waals surface area (Å²) in [6.07, 6.45) is 0.556. The van der Waals surface area contributed by atoms with Gasteiger partial charge in [0, 0.05) is 17.7 Å². The standard InChI is InChI=1S/C29H29N3O6/c1-16-5-8-20(33)19(13-16)26-25-27(31-30-26)29(35)32(28(25)18-7-9-21(34)23(15-18)37-3)12-11-17-6-10-22(36-2)24(14-17)38-4/h5-10,13-15,28,33-34H,11-12H2,1-4H3,(H,30,31)/t28-/m1/s1. The Labute approximate surface area is 220 Å². The molecule has 1 atom stereocenters. The van der Waals surface area contributed by atoms with Crippen molar-refractivity contribution < 1.29 is 29.2 Å². The lowest BCUT2D eigenvalue weighted by atomic mass is 9.94. The average molecular weight is 516 g/mol. The molecule has 1 aliphatic rings. The van der Waals surface area contributed by atoms with E-state index in [0.717, 1.165) is 16.7 Å². The number of carbonyl (C=O) groups is 1. The van der Waals surface area contributed by atoms with E-state index < -0.39 is 6.04 Å². The van der Waals surface area contributed by atoms with Crippen LogP contribution in [0.15, 0.2) is 54.6 Å². The van der Waals surface area contributed by atoms with Crippen molar-refractivity contribution in [2.75, 3.05) is 27.9 Å². The van der Waals surface area contributed by atoms with Crippen molar-refractivity contribution in [3.05, 3.63) is 82.5 Å². The van der Waals surface area contributed by atoms with Crippen molar-refractivity contribution in [3.63, 3.8) is 0 Å². The first-order valence-corrected chi connectivity index (χ1v) is 12.1. The summed E-state index contributed by atoms with van der Waals surface area (Å²) in [5.74, 6) is 1.41. The van der Waals surface area contributed by atoms with E-state index in [1.807, 2.05) is 37.3 Å². The molecule has 2 heterocycles. The number of phenols is 2. The lowest BCUT2D eigenvalue weighted by Crippen LogP contribution is -2.31. The topological polar surface area (TPSA) is 117 Å². The van der Waals surface area contributed by atoms with Crippen LogP contribution in [0.2, 0.25) is 0 Å². The molecule has 9 nitrogen and oxygen atoms in total. The maximum absolute atomic E-state index is 13.7. The molecule has 3 aromatic carbocycles. The number of aryl methyl sites for hydroxylation is 1. The van der Waals surface area contributed by atoms with Gasteiger partial charge in [0.15, 0.2) is 23.0 Å². The summed E-state index contributed by atoms with van der Waals surface area (Å²) in [5.41, 5.74) is 4.73. The van der Waals surface area contributed by atoms with E-state index in [4.69, 9.17) is 14.2 Å². The van der Waals surface area contributed by atoms with Gasteiger partial charge >= 0.3 is 0 Å². The second-order valence-corrected chi connectivity index (χ2v) is 9.15. The number of carbonyl (C=O) groups excluding carboxylic acids is 1. The summed E-state index contributed by atoms with van der Waals surface area (Å²) in [4.78, 5) is 15.5. The van der Waals surface area contributed by atoms with Crippen molar-refractivity contribution in [1.29, 1.82) is 0 Å². The fourth-order valence-corrected chi connectivity index (χ4v) is 4.97. The third-order valence-electron chi connectivity index (χ3n) is 6.88. The highest BCUT2D eigenvalue weighted by Crippen LogP contribution is 2.46. The number of hydrogen-bond donors (Lipinski definition) is 3. The molecule has 196 valence electrons. The molecule has 1 aromatic heterocycles. The van der Waals surface area contributed by atoms with Crippen LogP contribution in [0.1, 0.15) is 38.8 Å². The molecular weight excluding hydrogens is 486 g/mol. The first-order valence-electron chi connectivity index (χ1n) is 12.1. The molecular formula is C29H29N3O6. The van der Waals surface area contributed by atoms with Gasteiger partial charge in [0.1, 0.15) is 17.1 Å². The van der Waals surface area contributed by atoms with Gasteiger partial charge < -0.3 is 29.3 Å². The Bertz CT molecular complexity index is 1510. The lowest BCUT2D eigenvalue weighted by molar-refractivity contribution is 0.0745. The van der Waals surface area contributed by atoms with Gasteiger partial charge in [-0.25, -0.2) is 0 Å². The highest BCUT2D eigenvalue weighted by molar-refractivity contribution is 6.00. The largest absolute Gasteiger partial charge is 0.507 e. The Kier molecular flexibility index (Phi) is 6.59. The number of nitrogens with zero attached hydrogens (tertiary/aromatic N) is 2. The van der Waals surface area contributed by atoms with E-state index in [1.54, 1.807) is 43.4 Å². The smallest absolute Gasteiger partial charge is 0.273 e. The molecule has 38 heavy (non-hydrogen) atoms. The maximum Gasteiger partial charge on any atom is 0.273 e. The third kappa shape index (κ3) is 4.26. The number of aromatic amines is 1. The van der Waals surface area contributed by atoms with E-state index in [2.05, 4.69) is 10.2 Å². The second-order valence-electron chi connectivity index (χ2n) is 9.15. The molecule has 0 bridgehead atoms. The molecule has 1 amide bonds. The zero-order valence-electron chi connectivity index (χ0n) is 21.6. The van der Waals surface area contributed by atoms with Crippen LogP contribution in [0, 0.1) is 6.92 Å². The molecule has 0 unspecified atom stereocenters. The van der Waals surface area contributed by atoms with Crippen molar-refractivity contribution in [2.45, 2.75) is 19.4 Å². The van der Waals surface area contributed by atoms with Crippen molar-refractivity contribution in [3.8, 4) is 40.0 Å². The summed E-state index contributed by atoms with van der Waals surface area (Å²) in [5, 5.41) is 28.2. The zero-order valence-corrected chi connectivity index (χ0v) is 21.6. The zero-order chi connectivity index (χ0) is 27.0. The predicted octanol–water partition coefficient (Wildman–Crippen LogP) is 4.61. The van der Waals surface area contributed by atoms with Crippen molar-refractivity contribution in [2.24, 2.45) is 0 Å². The first kappa shape index (κ1) is 25.0. The summed E-state index contributed by atoms with van der Waals surface area (Å²) in [6, 6.07) is 15.5. The Morgan fingerprint density at radius 1 is 0.895 bits per heavy atom. The minimum atomic E-state index is -0.527. The van der Waals surface area contributed by atoms with Gasteiger partial charge in [0.2, 0.25) is 0 Å². The molecule has 0 spiro atoms. The number of H-pyrrole nitrogens is 1. The van der Waals surface area contributed by atoms with Gasteiger partial charge in [-0.1, -0.05) is 23.8 Å². The minimum Gasteiger partial charge on any atom is -0.507 e. The molecule has 0 radical (unpaired) electrons. The number of rotatable bonds is 8. The van der Waals surface area contributed by atoms with E-state index in [0.29, 0.717) is 52.7 Å². The fraction of sp³-hybridized carbons (Fsp3) is 0.241. The summed E-state index contributed by atoms with van der Waals surface area (Å²) >= 11 is 0. The number of aromatic hydroxyl groups is 2. The Morgan fingerprint density at radius 2 is 1.63 bits per heavy atom. The number of methoxy groups -OCH3 is 3. The Morgan fingerprint density at radius 3 is 2.37 bits per heavy atom. The number of aromatic nitrogens is 2. The summed E-state index contributed by atoms with van der Waals surface area (Å²) in [6.45, 7) is 2.32. The summed E-state index contributed by atoms with van der Waals surface area (Å²) in [7, 11) is 4.65. The number of benzene rings is 3. The van der Waals surface area contributed by atoms with Gasteiger partial charge in [-0.3, -0.25) is 9.89 Å². The van der Waals surface area contributed by atoms with Gasteiger partial charge in [-0.15, -0.1) is 0 Å². The lowest BCUT2D eigenvalue weighted by Gasteiger charge is -2.27. The van der Waals surface area contributed by atoms with Crippen LogP contribution < -0.4 is 14.2 Å². The number of nitrogens with one attached hydrogen (secondary N) is 1. The highest BCUT2D eigenvalue weighted by atomic mass is 16.5. The molecule has 0 fully saturated rings. The Hall–Kier alpha value is -4.66. The maximum atomic E-state index is 13.7. The Balaban J connectivity index is 1.58. The van der Waals surface area contributed by atoms with Crippen LogP contribution >= 0.6 is 0 Å². The molecule has 9 heteroatoms. The number of phenolic OH excluding ortho intramolecular Hbond substituents is 2. The van der Waals surface area contributed by atoms with E-state index in [9.17, 15) is 15.0 Å². The van der Waals surface area contributed by atoms with Crippen LogP contribution in [0.4, 0.5) is 0 Å². The molecule has 5 rings (SSSR count). The number of fused-ring (bicyclic) bond motifs is 1. The molecule has 3 N–H and O–H groups in total. The summed E-state index contributed by atoms with van der Waals surface area (Å²) < 4.78 is 16.1. The van der Waals surface area contributed by atoms with Gasteiger partial charge in [-0.05, 0) is 60.9 Å². The van der Waals surface area contributed by atoms with Crippen molar-refractivity contribution >= 4 is 5.91 Å².